The van der Waals surface area contributed by atoms with Gasteiger partial charge in [-0.15, -0.1) is 0 Å². The van der Waals surface area contributed by atoms with E-state index in [9.17, 15) is 0 Å². The second-order valence-electron chi connectivity index (χ2n) is 18.3. The van der Waals surface area contributed by atoms with E-state index in [0.717, 1.165) is 22.3 Å². The van der Waals surface area contributed by atoms with Crippen molar-refractivity contribution in [3.05, 3.63) is 182 Å². The van der Waals surface area contributed by atoms with Crippen LogP contribution in [0.2, 0.25) is 26.2 Å². The van der Waals surface area contributed by atoms with Crippen LogP contribution < -0.4 is 20.7 Å². The first-order valence-corrected chi connectivity index (χ1v) is 27.8. The Morgan fingerprint density at radius 1 is 0.306 bits per heavy atom. The summed E-state index contributed by atoms with van der Waals surface area (Å²) >= 11 is 0. The van der Waals surface area contributed by atoms with E-state index < -0.39 is 16.1 Å². The maximum Gasteiger partial charge on any atom is 0.143 e. The molecule has 0 saturated heterocycles. The lowest BCUT2D eigenvalue weighted by molar-refractivity contribution is 0.670. The predicted molar refractivity (Wildman–Crippen MR) is 267 cm³/mol. The number of hydrogen-bond donors (Lipinski definition) is 0. The van der Waals surface area contributed by atoms with E-state index >= 15 is 0 Å². The summed E-state index contributed by atoms with van der Waals surface area (Å²) in [5.74, 6) is 0. The maximum atomic E-state index is 7.01. The molecule has 0 radical (unpaired) electrons. The van der Waals surface area contributed by atoms with E-state index in [1.165, 1.54) is 109 Å². The average molecular weight is 827 g/mol. The van der Waals surface area contributed by atoms with E-state index in [0.29, 0.717) is 0 Å². The molecule has 2 aromatic heterocycles. The fourth-order valence-corrected chi connectivity index (χ4v) is 17.4. The topological polar surface area (TPSA) is 26.3 Å². The molecule has 0 aliphatic carbocycles. The van der Waals surface area contributed by atoms with Crippen LogP contribution in [-0.4, -0.2) is 16.1 Å². The van der Waals surface area contributed by atoms with Gasteiger partial charge in [-0.3, -0.25) is 0 Å². The SMILES string of the molecule is C[Si]1(C)c2cc3c(cc2-c2c1cc(-c1ccccc1-c1ccccc1)c1oc4ccccc4c21)[Si](C)(C)c1cc(-c2ccccc2-c2ccccc2)c2oc4ccccc4c2c1-3. The molecule has 62 heavy (non-hydrogen) atoms. The zero-order valence-electron chi connectivity index (χ0n) is 35.1. The molecular formula is C58H42O2Si2. The fourth-order valence-electron chi connectivity index (χ4n) is 11.3. The number of furan rings is 2. The first-order valence-electron chi connectivity index (χ1n) is 21.8. The highest BCUT2D eigenvalue weighted by Crippen LogP contribution is 2.49. The lowest BCUT2D eigenvalue weighted by Crippen LogP contribution is -2.51. The summed E-state index contributed by atoms with van der Waals surface area (Å²) in [5, 5.41) is 10.8. The van der Waals surface area contributed by atoms with Gasteiger partial charge in [0, 0.05) is 32.7 Å². The molecule has 0 unspecified atom stereocenters. The molecular weight excluding hydrogens is 785 g/mol. The third-order valence-corrected chi connectivity index (χ3v) is 21.3. The van der Waals surface area contributed by atoms with Crippen molar-refractivity contribution in [3.63, 3.8) is 0 Å². The fraction of sp³-hybridized carbons (Fsp3) is 0.0690. The summed E-state index contributed by atoms with van der Waals surface area (Å²) < 4.78 is 14.0. The molecule has 4 heteroatoms. The Balaban J connectivity index is 1.09. The van der Waals surface area contributed by atoms with Crippen LogP contribution in [0.5, 0.6) is 0 Å². The van der Waals surface area contributed by atoms with Gasteiger partial charge in [-0.2, -0.15) is 0 Å². The number of benzene rings is 9. The molecule has 13 rings (SSSR count). The molecule has 0 bridgehead atoms. The molecule has 9 aromatic carbocycles. The first-order chi connectivity index (χ1) is 30.3. The third kappa shape index (κ3) is 4.79. The van der Waals surface area contributed by atoms with Crippen LogP contribution in [-0.2, 0) is 0 Å². The molecule has 0 N–H and O–H groups in total. The van der Waals surface area contributed by atoms with Gasteiger partial charge in [0.25, 0.3) is 0 Å². The van der Waals surface area contributed by atoms with Crippen LogP contribution in [0.4, 0.5) is 0 Å². The number of rotatable bonds is 4. The minimum atomic E-state index is -2.29. The van der Waals surface area contributed by atoms with Gasteiger partial charge in [0.1, 0.15) is 38.5 Å². The Bertz CT molecular complexity index is 3440. The molecule has 0 fully saturated rings. The molecule has 0 spiro atoms. The lowest BCUT2D eigenvalue weighted by Gasteiger charge is -2.22. The molecule has 294 valence electrons. The predicted octanol–water partition coefficient (Wildman–Crippen LogP) is 13.8. The second kappa shape index (κ2) is 12.8. The highest BCUT2D eigenvalue weighted by Gasteiger charge is 2.46. The Kier molecular flexibility index (Phi) is 7.36. The van der Waals surface area contributed by atoms with Crippen molar-refractivity contribution in [1.82, 2.24) is 0 Å². The average Bonchev–Trinajstić information content (AvgIpc) is 4.01. The van der Waals surface area contributed by atoms with Crippen LogP contribution in [0.3, 0.4) is 0 Å². The molecule has 0 atom stereocenters. The van der Waals surface area contributed by atoms with Gasteiger partial charge in [-0.25, -0.2) is 0 Å². The molecule has 4 heterocycles. The summed E-state index contributed by atoms with van der Waals surface area (Å²) in [7, 11) is -4.59. The molecule has 2 aliphatic rings. The van der Waals surface area contributed by atoms with Crippen molar-refractivity contribution in [1.29, 1.82) is 0 Å². The zero-order valence-corrected chi connectivity index (χ0v) is 37.1. The van der Waals surface area contributed by atoms with Gasteiger partial charge in [0.05, 0.1) is 0 Å². The van der Waals surface area contributed by atoms with Crippen molar-refractivity contribution in [3.8, 4) is 66.8 Å². The zero-order chi connectivity index (χ0) is 41.5. The quantitative estimate of drug-likeness (QED) is 0.165. The largest absolute Gasteiger partial charge is 0.455 e. The molecule has 2 nitrogen and oxygen atoms in total. The van der Waals surface area contributed by atoms with Crippen molar-refractivity contribution >= 4 is 80.8 Å². The van der Waals surface area contributed by atoms with E-state index in [1.54, 1.807) is 0 Å². The van der Waals surface area contributed by atoms with E-state index in [2.05, 4.69) is 208 Å². The van der Waals surface area contributed by atoms with Crippen LogP contribution >= 0.6 is 0 Å². The standard InChI is InChI=1S/C58H42O2Si2/c1-61(2)49-33-46-50(34-45(49)53-51(61)31-43(57-55(53)41-27-15-17-29-47(41)59-57)39-25-13-11-23-37(39)35-19-7-5-8-20-35)62(3,4)52-32-44(40-26-14-12-24-38(40)36-21-9-6-10-22-36)58-56(54(46)52)42-28-16-18-30-48(42)60-58/h5-34H,1-4H3. The van der Waals surface area contributed by atoms with E-state index in [-0.39, 0.29) is 0 Å². The second-order valence-corrected chi connectivity index (χ2v) is 27.0. The molecule has 0 saturated carbocycles. The molecule has 11 aromatic rings. The minimum Gasteiger partial charge on any atom is -0.455 e. The van der Waals surface area contributed by atoms with Crippen molar-refractivity contribution < 1.29 is 8.83 Å². The van der Waals surface area contributed by atoms with Crippen LogP contribution in [0, 0.1) is 0 Å². The minimum absolute atomic E-state index is 0.933. The van der Waals surface area contributed by atoms with Gasteiger partial charge in [0.2, 0.25) is 0 Å². The molecule has 2 aliphatic heterocycles. The smallest absolute Gasteiger partial charge is 0.143 e. The summed E-state index contributed by atoms with van der Waals surface area (Å²) in [4.78, 5) is 0. The lowest BCUT2D eigenvalue weighted by atomic mass is 9.89. The summed E-state index contributed by atoms with van der Waals surface area (Å²) in [6, 6.07) is 66.9. The van der Waals surface area contributed by atoms with Gasteiger partial charge < -0.3 is 8.83 Å². The number of hydrogen-bond acceptors (Lipinski definition) is 2. The van der Waals surface area contributed by atoms with Gasteiger partial charge in [0.15, 0.2) is 0 Å². The Hall–Kier alpha value is -6.99. The summed E-state index contributed by atoms with van der Waals surface area (Å²) in [6.45, 7) is 10.3. The van der Waals surface area contributed by atoms with Gasteiger partial charge in [-0.1, -0.05) is 196 Å². The number of para-hydroxylation sites is 2. The van der Waals surface area contributed by atoms with Gasteiger partial charge >= 0.3 is 0 Å². The number of fused-ring (bicyclic) bond motifs is 14. The van der Waals surface area contributed by atoms with Crippen molar-refractivity contribution in [2.45, 2.75) is 26.2 Å². The van der Waals surface area contributed by atoms with Crippen LogP contribution in [0.25, 0.3) is 111 Å². The highest BCUT2D eigenvalue weighted by atomic mass is 28.3. The monoisotopic (exact) mass is 826 g/mol. The van der Waals surface area contributed by atoms with Crippen molar-refractivity contribution in [2.24, 2.45) is 0 Å². The summed E-state index contributed by atoms with van der Waals surface area (Å²) in [5.41, 5.74) is 18.9. The Labute approximate surface area is 362 Å². The Morgan fingerprint density at radius 3 is 1.06 bits per heavy atom. The van der Waals surface area contributed by atoms with E-state index in [4.69, 9.17) is 8.83 Å². The molecule has 0 amide bonds. The van der Waals surface area contributed by atoms with E-state index in [1.807, 2.05) is 0 Å². The summed E-state index contributed by atoms with van der Waals surface area (Å²) in [6.07, 6.45) is 0. The van der Waals surface area contributed by atoms with Gasteiger partial charge in [-0.05, 0) is 88.5 Å². The highest BCUT2D eigenvalue weighted by molar-refractivity contribution is 7.06. The first kappa shape index (κ1) is 35.7. The van der Waals surface area contributed by atoms with Crippen molar-refractivity contribution in [2.75, 3.05) is 0 Å². The normalized spacial score (nSPS) is 14.4. The Morgan fingerprint density at radius 2 is 0.645 bits per heavy atom. The van der Waals surface area contributed by atoms with Crippen LogP contribution in [0.1, 0.15) is 0 Å². The third-order valence-electron chi connectivity index (χ3n) is 14.3. The maximum absolute atomic E-state index is 7.01. The van der Waals surface area contributed by atoms with Crippen LogP contribution in [0.15, 0.2) is 191 Å².